The highest BCUT2D eigenvalue weighted by molar-refractivity contribution is 9.11. The minimum Gasteiger partial charge on any atom is -0.128 e. The molecule has 0 N–H and O–H groups in total. The van der Waals surface area contributed by atoms with Crippen molar-refractivity contribution in [1.29, 1.82) is 0 Å². The van der Waals surface area contributed by atoms with Gasteiger partial charge in [-0.05, 0) is 76.7 Å². The molecule has 5 aromatic carbocycles. The number of benzene rings is 5. The molecule has 0 amide bonds. The summed E-state index contributed by atoms with van der Waals surface area (Å²) in [5.74, 6) is 0. The summed E-state index contributed by atoms with van der Waals surface area (Å²) in [5, 5.41) is 7.72. The quantitative estimate of drug-likeness (QED) is 0.185. The van der Waals surface area contributed by atoms with Gasteiger partial charge in [-0.2, -0.15) is 0 Å². The van der Waals surface area contributed by atoms with E-state index in [2.05, 4.69) is 129 Å². The standard InChI is InChI=1S/C30H16Br2S2/c31-25-15-23-27(21-13-5-9-17-7-1-3-11-19(17)21)29-24(16-26(32)33-29)28(30(23)34-25)22-14-6-10-18-8-2-4-12-20(18)22/h1-16H. The average Bonchev–Trinajstić information content (AvgIpc) is 3.43. The van der Waals surface area contributed by atoms with Crippen LogP contribution in [0.5, 0.6) is 0 Å². The predicted octanol–water partition coefficient (Wildman–Crippen LogP) is 11.3. The van der Waals surface area contributed by atoms with Gasteiger partial charge in [0, 0.05) is 31.3 Å². The highest BCUT2D eigenvalue weighted by atomic mass is 79.9. The van der Waals surface area contributed by atoms with Crippen molar-refractivity contribution in [2.45, 2.75) is 0 Å². The van der Waals surface area contributed by atoms with E-state index in [1.165, 1.54) is 64.0 Å². The average molecular weight is 600 g/mol. The van der Waals surface area contributed by atoms with Crippen LogP contribution in [-0.4, -0.2) is 0 Å². The van der Waals surface area contributed by atoms with E-state index in [9.17, 15) is 0 Å². The van der Waals surface area contributed by atoms with Crippen molar-refractivity contribution in [3.63, 3.8) is 0 Å². The van der Waals surface area contributed by atoms with Gasteiger partial charge < -0.3 is 0 Å². The van der Waals surface area contributed by atoms with Gasteiger partial charge in [-0.15, -0.1) is 22.7 Å². The van der Waals surface area contributed by atoms with E-state index in [0.717, 1.165) is 7.57 Å². The summed E-state index contributed by atoms with van der Waals surface area (Å²) in [6.45, 7) is 0. The van der Waals surface area contributed by atoms with Gasteiger partial charge in [0.1, 0.15) is 0 Å². The molecule has 0 unspecified atom stereocenters. The molecule has 0 bridgehead atoms. The molecule has 0 aliphatic heterocycles. The first kappa shape index (κ1) is 20.8. The summed E-state index contributed by atoms with van der Waals surface area (Å²) in [7, 11) is 0. The molecule has 7 rings (SSSR count). The van der Waals surface area contributed by atoms with Crippen molar-refractivity contribution in [3.8, 4) is 22.3 Å². The fraction of sp³-hybridized carbons (Fsp3) is 0. The van der Waals surface area contributed by atoms with Crippen LogP contribution in [0, 0.1) is 0 Å². The van der Waals surface area contributed by atoms with Gasteiger partial charge in [0.05, 0.1) is 7.57 Å². The van der Waals surface area contributed by atoms with Gasteiger partial charge in [-0.3, -0.25) is 0 Å². The summed E-state index contributed by atoms with van der Waals surface area (Å²) >= 11 is 11.3. The zero-order valence-corrected chi connectivity index (χ0v) is 22.6. The van der Waals surface area contributed by atoms with Gasteiger partial charge >= 0.3 is 0 Å². The lowest BCUT2D eigenvalue weighted by Gasteiger charge is -2.15. The van der Waals surface area contributed by atoms with E-state index in [0.29, 0.717) is 0 Å². The number of rotatable bonds is 2. The van der Waals surface area contributed by atoms with Crippen molar-refractivity contribution in [3.05, 3.63) is 105 Å². The predicted molar refractivity (Wildman–Crippen MR) is 158 cm³/mol. The van der Waals surface area contributed by atoms with Crippen molar-refractivity contribution < 1.29 is 0 Å². The van der Waals surface area contributed by atoms with E-state index in [1.807, 2.05) is 22.7 Å². The van der Waals surface area contributed by atoms with Gasteiger partial charge in [-0.25, -0.2) is 0 Å². The third-order valence-electron chi connectivity index (χ3n) is 6.51. The van der Waals surface area contributed by atoms with E-state index in [4.69, 9.17) is 0 Å². The maximum atomic E-state index is 3.83. The van der Waals surface area contributed by atoms with Crippen LogP contribution >= 0.6 is 54.5 Å². The monoisotopic (exact) mass is 598 g/mol. The number of halogens is 2. The van der Waals surface area contributed by atoms with Gasteiger partial charge in [0.25, 0.3) is 0 Å². The minimum atomic E-state index is 1.15. The van der Waals surface area contributed by atoms with Crippen LogP contribution in [0.1, 0.15) is 0 Å². The van der Waals surface area contributed by atoms with Gasteiger partial charge in [-0.1, -0.05) is 84.9 Å². The van der Waals surface area contributed by atoms with Gasteiger partial charge in [0.2, 0.25) is 0 Å². The molecule has 7 aromatic rings. The molecule has 162 valence electrons. The molecule has 0 saturated carbocycles. The molecular weight excluding hydrogens is 584 g/mol. The highest BCUT2D eigenvalue weighted by Gasteiger charge is 2.22. The number of hydrogen-bond donors (Lipinski definition) is 0. The Balaban J connectivity index is 1.70. The minimum absolute atomic E-state index is 1.15. The van der Waals surface area contributed by atoms with Crippen molar-refractivity contribution in [2.75, 3.05) is 0 Å². The Bertz CT molecular complexity index is 1690. The lowest BCUT2D eigenvalue weighted by atomic mass is 9.90. The van der Waals surface area contributed by atoms with E-state index >= 15 is 0 Å². The zero-order chi connectivity index (χ0) is 22.8. The van der Waals surface area contributed by atoms with Crippen LogP contribution < -0.4 is 0 Å². The molecule has 4 heteroatoms. The molecule has 0 saturated heterocycles. The molecule has 0 fully saturated rings. The normalized spacial score (nSPS) is 11.8. The maximum Gasteiger partial charge on any atom is 0.0711 e. The second kappa shape index (κ2) is 8.03. The molecule has 0 aliphatic rings. The number of fused-ring (bicyclic) bond motifs is 4. The second-order valence-electron chi connectivity index (χ2n) is 8.39. The largest absolute Gasteiger partial charge is 0.128 e. The second-order valence-corrected chi connectivity index (χ2v) is 13.3. The summed E-state index contributed by atoms with van der Waals surface area (Å²) in [6.07, 6.45) is 0. The van der Waals surface area contributed by atoms with Crippen LogP contribution in [-0.2, 0) is 0 Å². The smallest absolute Gasteiger partial charge is 0.0711 e. The topological polar surface area (TPSA) is 0 Å². The zero-order valence-electron chi connectivity index (χ0n) is 17.8. The van der Waals surface area contributed by atoms with Crippen LogP contribution in [0.15, 0.2) is 105 Å². The van der Waals surface area contributed by atoms with Crippen molar-refractivity contribution in [1.82, 2.24) is 0 Å². The lowest BCUT2D eigenvalue weighted by molar-refractivity contribution is 1.72. The molecule has 34 heavy (non-hydrogen) atoms. The molecule has 0 atom stereocenters. The molecular formula is C30H16Br2S2. The molecule has 2 aromatic heterocycles. The molecule has 0 aliphatic carbocycles. The Morgan fingerprint density at radius 3 is 1.32 bits per heavy atom. The Morgan fingerprint density at radius 2 is 0.853 bits per heavy atom. The first-order valence-corrected chi connectivity index (χ1v) is 14.2. The van der Waals surface area contributed by atoms with Crippen molar-refractivity contribution >= 4 is 96.3 Å². The highest BCUT2D eigenvalue weighted by Crippen LogP contribution is 2.52. The van der Waals surface area contributed by atoms with Crippen molar-refractivity contribution in [2.24, 2.45) is 0 Å². The summed E-state index contributed by atoms with van der Waals surface area (Å²) in [5.41, 5.74) is 5.22. The number of hydrogen-bond acceptors (Lipinski definition) is 2. The first-order chi connectivity index (χ1) is 16.7. The Labute approximate surface area is 221 Å². The Morgan fingerprint density at radius 1 is 0.441 bits per heavy atom. The van der Waals surface area contributed by atoms with E-state index in [1.54, 1.807) is 0 Å². The fourth-order valence-electron chi connectivity index (χ4n) is 5.13. The Kier molecular flexibility index (Phi) is 4.92. The summed E-state index contributed by atoms with van der Waals surface area (Å²) in [6, 6.07) is 35.3. The Hall–Kier alpha value is -2.50. The first-order valence-electron chi connectivity index (χ1n) is 11.0. The summed E-state index contributed by atoms with van der Waals surface area (Å²) in [4.78, 5) is 0. The van der Waals surface area contributed by atoms with Gasteiger partial charge in [0.15, 0.2) is 0 Å². The SMILES string of the molecule is Brc1cc2c(-c3cccc4ccccc34)c3sc(Br)cc3c(-c3cccc4ccccc34)c2s1. The van der Waals surface area contributed by atoms with Crippen LogP contribution in [0.2, 0.25) is 0 Å². The molecule has 0 nitrogen and oxygen atoms in total. The third kappa shape index (κ3) is 3.13. The summed E-state index contributed by atoms with van der Waals surface area (Å²) < 4.78 is 4.96. The number of thiophene rings is 2. The van der Waals surface area contributed by atoms with E-state index < -0.39 is 0 Å². The molecule has 2 heterocycles. The molecule has 0 spiro atoms. The van der Waals surface area contributed by atoms with Crippen LogP contribution in [0.25, 0.3) is 64.0 Å². The van der Waals surface area contributed by atoms with E-state index in [-0.39, 0.29) is 0 Å². The maximum absolute atomic E-state index is 3.83. The molecule has 0 radical (unpaired) electrons. The van der Waals surface area contributed by atoms with Crippen LogP contribution in [0.3, 0.4) is 0 Å². The fourth-order valence-corrected chi connectivity index (χ4v) is 8.49. The third-order valence-corrected chi connectivity index (χ3v) is 9.83. The lowest BCUT2D eigenvalue weighted by Crippen LogP contribution is -1.88. The van der Waals surface area contributed by atoms with Crippen LogP contribution in [0.4, 0.5) is 0 Å².